The number of carboxylic acid groups (broad SMARTS) is 1. The van der Waals surface area contributed by atoms with Crippen LogP contribution in [-0.2, 0) is 16.1 Å². The summed E-state index contributed by atoms with van der Waals surface area (Å²) in [5.41, 5.74) is 0.469. The summed E-state index contributed by atoms with van der Waals surface area (Å²) in [4.78, 5) is 37.1. The van der Waals surface area contributed by atoms with Crippen molar-refractivity contribution in [1.29, 1.82) is 0 Å². The predicted octanol–water partition coefficient (Wildman–Crippen LogP) is 2.95. The summed E-state index contributed by atoms with van der Waals surface area (Å²) in [5, 5.41) is 12.2. The van der Waals surface area contributed by atoms with E-state index < -0.39 is 17.8 Å². The first-order valence-electron chi connectivity index (χ1n) is 7.73. The number of hydrogen-bond donors (Lipinski definition) is 2. The Labute approximate surface area is 158 Å². The van der Waals surface area contributed by atoms with E-state index in [0.29, 0.717) is 28.7 Å². The van der Waals surface area contributed by atoms with Gasteiger partial charge in [-0.1, -0.05) is 23.2 Å². The number of carbonyl (C=O) groups is 3. The number of hydrogen-bond acceptors (Lipinski definition) is 4. The molecule has 2 N–H and O–H groups in total. The number of amides is 2. The van der Waals surface area contributed by atoms with Crippen LogP contribution in [-0.4, -0.2) is 29.4 Å². The molecular formula is C17H14Cl2N2O5. The Morgan fingerprint density at radius 1 is 1.27 bits per heavy atom. The highest BCUT2D eigenvalue weighted by molar-refractivity contribution is 6.36. The minimum atomic E-state index is -1.19. The number of rotatable bonds is 5. The van der Waals surface area contributed by atoms with E-state index >= 15 is 0 Å². The van der Waals surface area contributed by atoms with Crippen molar-refractivity contribution in [2.45, 2.75) is 13.0 Å². The van der Waals surface area contributed by atoms with Gasteiger partial charge in [-0.3, -0.25) is 9.59 Å². The molecule has 2 heterocycles. The van der Waals surface area contributed by atoms with Crippen molar-refractivity contribution in [1.82, 2.24) is 5.32 Å². The number of carbonyl (C=O) groups excluding carboxylic acids is 2. The van der Waals surface area contributed by atoms with Gasteiger partial charge in [0.05, 0.1) is 17.3 Å². The summed E-state index contributed by atoms with van der Waals surface area (Å²) in [6.45, 7) is 0.342. The molecule has 0 radical (unpaired) electrons. The molecule has 136 valence electrons. The van der Waals surface area contributed by atoms with Crippen LogP contribution >= 0.6 is 23.2 Å². The van der Waals surface area contributed by atoms with Crippen molar-refractivity contribution < 1.29 is 23.9 Å². The van der Waals surface area contributed by atoms with Gasteiger partial charge < -0.3 is 19.7 Å². The van der Waals surface area contributed by atoms with E-state index in [-0.39, 0.29) is 24.0 Å². The predicted molar refractivity (Wildman–Crippen MR) is 94.4 cm³/mol. The van der Waals surface area contributed by atoms with Crippen LogP contribution in [0.1, 0.15) is 22.7 Å². The van der Waals surface area contributed by atoms with Gasteiger partial charge in [0.15, 0.2) is 0 Å². The van der Waals surface area contributed by atoms with Crippen LogP contribution in [0.3, 0.4) is 0 Å². The van der Waals surface area contributed by atoms with Crippen LogP contribution in [0, 0.1) is 5.92 Å². The molecule has 9 heteroatoms. The van der Waals surface area contributed by atoms with Crippen molar-refractivity contribution in [3.63, 3.8) is 0 Å². The molecule has 1 saturated heterocycles. The second-order valence-electron chi connectivity index (χ2n) is 5.72. The number of nitrogens with zero attached hydrogens (tertiary/aromatic N) is 1. The first kappa shape index (κ1) is 18.3. The molecule has 1 fully saturated rings. The van der Waals surface area contributed by atoms with Gasteiger partial charge in [0, 0.05) is 11.6 Å². The van der Waals surface area contributed by atoms with Crippen LogP contribution in [0.25, 0.3) is 0 Å². The molecule has 1 aromatic heterocycles. The maximum Gasteiger partial charge on any atom is 0.371 e. The van der Waals surface area contributed by atoms with Gasteiger partial charge in [-0.2, -0.15) is 0 Å². The normalized spacial score (nSPS) is 16.8. The lowest BCUT2D eigenvalue weighted by molar-refractivity contribution is -0.132. The van der Waals surface area contributed by atoms with E-state index in [1.54, 1.807) is 18.2 Å². The van der Waals surface area contributed by atoms with Crippen molar-refractivity contribution in [3.05, 3.63) is 51.9 Å². The second-order valence-corrected chi connectivity index (χ2v) is 6.56. The zero-order valence-electron chi connectivity index (χ0n) is 13.4. The van der Waals surface area contributed by atoms with Crippen LogP contribution in [0.2, 0.25) is 10.0 Å². The highest BCUT2D eigenvalue weighted by atomic mass is 35.5. The Hall–Kier alpha value is -2.51. The quantitative estimate of drug-likeness (QED) is 0.756. The van der Waals surface area contributed by atoms with Crippen LogP contribution in [0.5, 0.6) is 0 Å². The smallest absolute Gasteiger partial charge is 0.371 e. The lowest BCUT2D eigenvalue weighted by atomic mass is 10.1. The molecule has 1 aromatic carbocycles. The van der Waals surface area contributed by atoms with Gasteiger partial charge in [0.25, 0.3) is 0 Å². The zero-order chi connectivity index (χ0) is 18.8. The van der Waals surface area contributed by atoms with Crippen LogP contribution < -0.4 is 10.2 Å². The number of anilines is 1. The van der Waals surface area contributed by atoms with Crippen molar-refractivity contribution in [2.24, 2.45) is 5.92 Å². The Bertz CT molecular complexity index is 880. The monoisotopic (exact) mass is 396 g/mol. The van der Waals surface area contributed by atoms with E-state index in [0.717, 1.165) is 0 Å². The van der Waals surface area contributed by atoms with Crippen LogP contribution in [0.4, 0.5) is 5.69 Å². The minimum Gasteiger partial charge on any atom is -0.475 e. The molecule has 0 spiro atoms. The molecule has 1 atom stereocenters. The summed E-state index contributed by atoms with van der Waals surface area (Å²) in [6, 6.07) is 7.55. The van der Waals surface area contributed by atoms with E-state index in [2.05, 4.69) is 5.32 Å². The van der Waals surface area contributed by atoms with Gasteiger partial charge in [-0.05, 0) is 36.8 Å². The first-order valence-corrected chi connectivity index (χ1v) is 8.48. The Morgan fingerprint density at radius 2 is 2.04 bits per heavy atom. The summed E-state index contributed by atoms with van der Waals surface area (Å²) in [7, 11) is 0. The van der Waals surface area contributed by atoms with E-state index in [9.17, 15) is 14.4 Å². The van der Waals surface area contributed by atoms with Crippen LogP contribution in [0.15, 0.2) is 34.7 Å². The molecular weight excluding hydrogens is 383 g/mol. The SMILES string of the molecule is O=C(O)c1ccc(CNC(=O)[C@@H]2CCN(c3cc(Cl)ccc3Cl)C2=O)o1. The van der Waals surface area contributed by atoms with Crippen molar-refractivity contribution in [3.8, 4) is 0 Å². The standard InChI is InChI=1S/C17H14Cl2N2O5/c18-9-1-3-12(19)13(7-9)21-6-5-11(16(21)23)15(22)20-8-10-2-4-14(26-10)17(24)25/h1-4,7,11H,5-6,8H2,(H,20,22)(H,24,25)/t11-/m0/s1. The summed E-state index contributed by atoms with van der Waals surface area (Å²) >= 11 is 12.1. The fourth-order valence-corrected chi connectivity index (χ4v) is 3.13. The Morgan fingerprint density at radius 3 is 2.73 bits per heavy atom. The average molecular weight is 397 g/mol. The third-order valence-electron chi connectivity index (χ3n) is 4.03. The molecule has 0 aliphatic carbocycles. The molecule has 26 heavy (non-hydrogen) atoms. The highest BCUT2D eigenvalue weighted by Crippen LogP contribution is 2.33. The lowest BCUT2D eigenvalue weighted by Crippen LogP contribution is -2.36. The van der Waals surface area contributed by atoms with Gasteiger partial charge in [0.1, 0.15) is 11.7 Å². The van der Waals surface area contributed by atoms with Gasteiger partial charge in [-0.25, -0.2) is 4.79 Å². The molecule has 0 unspecified atom stereocenters. The largest absolute Gasteiger partial charge is 0.475 e. The fraction of sp³-hybridized carbons (Fsp3) is 0.235. The Kier molecular flexibility index (Phi) is 5.20. The topological polar surface area (TPSA) is 99.9 Å². The number of furan rings is 1. The lowest BCUT2D eigenvalue weighted by Gasteiger charge is -2.18. The summed E-state index contributed by atoms with van der Waals surface area (Å²) < 4.78 is 5.06. The van der Waals surface area contributed by atoms with E-state index in [1.807, 2.05) is 0 Å². The fourth-order valence-electron chi connectivity index (χ4n) is 2.74. The number of carboxylic acids is 1. The minimum absolute atomic E-state index is 0.00614. The second kappa shape index (κ2) is 7.39. The number of aromatic carboxylic acids is 1. The molecule has 1 aliphatic rings. The molecule has 0 bridgehead atoms. The maximum atomic E-state index is 12.6. The third-order valence-corrected chi connectivity index (χ3v) is 4.58. The summed E-state index contributed by atoms with van der Waals surface area (Å²) in [6.07, 6.45) is 0.339. The average Bonchev–Trinajstić information content (AvgIpc) is 3.22. The molecule has 3 rings (SSSR count). The number of benzene rings is 1. The van der Waals surface area contributed by atoms with E-state index in [1.165, 1.54) is 17.0 Å². The third kappa shape index (κ3) is 3.68. The molecule has 2 aromatic rings. The highest BCUT2D eigenvalue weighted by Gasteiger charge is 2.38. The molecule has 0 saturated carbocycles. The van der Waals surface area contributed by atoms with E-state index in [4.69, 9.17) is 32.7 Å². The summed E-state index contributed by atoms with van der Waals surface area (Å²) in [5.74, 6) is -2.79. The maximum absolute atomic E-state index is 12.6. The molecule has 2 amide bonds. The van der Waals surface area contributed by atoms with Gasteiger partial charge in [0.2, 0.25) is 17.6 Å². The molecule has 1 aliphatic heterocycles. The Balaban J connectivity index is 1.64. The van der Waals surface area contributed by atoms with Gasteiger partial charge in [-0.15, -0.1) is 0 Å². The first-order chi connectivity index (χ1) is 12.4. The van der Waals surface area contributed by atoms with Crippen molar-refractivity contribution in [2.75, 3.05) is 11.4 Å². The van der Waals surface area contributed by atoms with Gasteiger partial charge >= 0.3 is 5.97 Å². The number of nitrogens with one attached hydrogen (secondary N) is 1. The molecule has 7 nitrogen and oxygen atoms in total. The number of halogens is 2. The zero-order valence-corrected chi connectivity index (χ0v) is 14.9. The van der Waals surface area contributed by atoms with Crippen molar-refractivity contribution >= 4 is 46.7 Å².